The molecule has 0 saturated carbocycles. The van der Waals surface area contributed by atoms with Gasteiger partial charge in [-0.1, -0.05) is 12.1 Å². The predicted octanol–water partition coefficient (Wildman–Crippen LogP) is 0.326. The van der Waals surface area contributed by atoms with Crippen LogP contribution in [0.25, 0.3) is 0 Å². The van der Waals surface area contributed by atoms with Crippen LogP contribution < -0.4 is 11.1 Å². The number of ether oxygens (including phenoxy) is 1. The van der Waals surface area contributed by atoms with Crippen LogP contribution in [0, 0.1) is 0 Å². The number of rotatable bonds is 8. The summed E-state index contributed by atoms with van der Waals surface area (Å²) in [6.45, 7) is 1.20. The highest BCUT2D eigenvalue weighted by molar-refractivity contribution is 5.76. The van der Waals surface area contributed by atoms with Gasteiger partial charge in [0.05, 0.1) is 19.8 Å². The zero-order valence-electron chi connectivity index (χ0n) is 10.4. The number of aliphatic hydroxyl groups excluding tert-OH is 1. The number of nitrogen functional groups attached to an aromatic ring is 1. The van der Waals surface area contributed by atoms with Crippen molar-refractivity contribution in [1.29, 1.82) is 0 Å². The maximum Gasteiger partial charge on any atom is 0.220 e. The lowest BCUT2D eigenvalue weighted by Gasteiger charge is -2.06. The third kappa shape index (κ3) is 6.22. The minimum atomic E-state index is -0.00924. The standard InChI is InChI=1S/C13H20N2O3/c14-12-3-1-2-11(10-12)4-5-13(17)15-6-8-18-9-7-16/h1-3,10,16H,4-9,14H2,(H,15,17). The number of nitrogens with two attached hydrogens (primary N) is 1. The summed E-state index contributed by atoms with van der Waals surface area (Å²) in [5.74, 6) is -0.00924. The molecule has 5 heteroatoms. The number of hydrogen-bond donors (Lipinski definition) is 3. The van der Waals surface area contributed by atoms with Crippen molar-refractivity contribution in [2.75, 3.05) is 32.1 Å². The summed E-state index contributed by atoms with van der Waals surface area (Å²) in [5, 5.41) is 11.2. The number of anilines is 1. The van der Waals surface area contributed by atoms with E-state index in [9.17, 15) is 4.79 Å². The van der Waals surface area contributed by atoms with E-state index in [1.165, 1.54) is 0 Å². The van der Waals surface area contributed by atoms with Crippen LogP contribution in [0.3, 0.4) is 0 Å². The minimum absolute atomic E-state index is 0.00335. The van der Waals surface area contributed by atoms with Crippen molar-refractivity contribution < 1.29 is 14.6 Å². The largest absolute Gasteiger partial charge is 0.399 e. The zero-order valence-corrected chi connectivity index (χ0v) is 10.4. The molecule has 18 heavy (non-hydrogen) atoms. The lowest BCUT2D eigenvalue weighted by molar-refractivity contribution is -0.121. The summed E-state index contributed by atoms with van der Waals surface area (Å²) in [4.78, 5) is 11.5. The Bertz CT molecular complexity index is 369. The van der Waals surface area contributed by atoms with Crippen LogP contribution in [0.5, 0.6) is 0 Å². The highest BCUT2D eigenvalue weighted by atomic mass is 16.5. The predicted molar refractivity (Wildman–Crippen MR) is 70.1 cm³/mol. The van der Waals surface area contributed by atoms with Crippen LogP contribution in [0.15, 0.2) is 24.3 Å². The maximum absolute atomic E-state index is 11.5. The van der Waals surface area contributed by atoms with E-state index in [1.54, 1.807) is 0 Å². The molecule has 0 atom stereocenters. The molecule has 0 saturated heterocycles. The van der Waals surface area contributed by atoms with Crippen molar-refractivity contribution in [2.24, 2.45) is 0 Å². The van der Waals surface area contributed by atoms with Crippen LogP contribution in [0.4, 0.5) is 5.69 Å². The van der Waals surface area contributed by atoms with Gasteiger partial charge in [0.15, 0.2) is 0 Å². The average Bonchev–Trinajstić information content (AvgIpc) is 2.36. The highest BCUT2D eigenvalue weighted by Crippen LogP contribution is 2.08. The quantitative estimate of drug-likeness (QED) is 0.460. The van der Waals surface area contributed by atoms with Crippen molar-refractivity contribution in [2.45, 2.75) is 12.8 Å². The zero-order chi connectivity index (χ0) is 13.2. The molecule has 4 N–H and O–H groups in total. The number of benzene rings is 1. The number of carbonyl (C=O) groups excluding carboxylic acids is 1. The molecule has 0 aliphatic carbocycles. The molecule has 5 nitrogen and oxygen atoms in total. The average molecular weight is 252 g/mol. The molecule has 100 valence electrons. The summed E-state index contributed by atoms with van der Waals surface area (Å²) >= 11 is 0. The highest BCUT2D eigenvalue weighted by Gasteiger charge is 2.01. The number of amides is 1. The first-order valence-electron chi connectivity index (χ1n) is 6.02. The van der Waals surface area contributed by atoms with E-state index in [0.717, 1.165) is 5.56 Å². The second kappa shape index (κ2) is 8.49. The van der Waals surface area contributed by atoms with Gasteiger partial charge in [-0.2, -0.15) is 0 Å². The molecule has 1 aromatic carbocycles. The van der Waals surface area contributed by atoms with E-state index >= 15 is 0 Å². The fourth-order valence-electron chi connectivity index (χ4n) is 1.52. The van der Waals surface area contributed by atoms with Gasteiger partial charge in [0.1, 0.15) is 0 Å². The third-order valence-electron chi connectivity index (χ3n) is 2.40. The number of aliphatic hydroxyl groups is 1. The first kappa shape index (κ1) is 14.5. The fourth-order valence-corrected chi connectivity index (χ4v) is 1.52. The van der Waals surface area contributed by atoms with Gasteiger partial charge in [-0.3, -0.25) is 4.79 Å². The van der Waals surface area contributed by atoms with Gasteiger partial charge in [0.2, 0.25) is 5.91 Å². The van der Waals surface area contributed by atoms with Crippen LogP contribution in [0.2, 0.25) is 0 Å². The Morgan fingerprint density at radius 1 is 1.39 bits per heavy atom. The van der Waals surface area contributed by atoms with E-state index in [0.29, 0.717) is 38.3 Å². The van der Waals surface area contributed by atoms with Crippen LogP contribution >= 0.6 is 0 Å². The van der Waals surface area contributed by atoms with Crippen molar-refractivity contribution >= 4 is 11.6 Å². The van der Waals surface area contributed by atoms with Crippen molar-refractivity contribution in [3.8, 4) is 0 Å². The molecule has 0 bridgehead atoms. The SMILES string of the molecule is Nc1cccc(CCC(=O)NCCOCCO)c1. The Morgan fingerprint density at radius 2 is 2.22 bits per heavy atom. The lowest BCUT2D eigenvalue weighted by atomic mass is 10.1. The summed E-state index contributed by atoms with van der Waals surface area (Å²) in [6, 6.07) is 7.53. The van der Waals surface area contributed by atoms with E-state index in [4.69, 9.17) is 15.6 Å². The normalized spacial score (nSPS) is 10.3. The first-order chi connectivity index (χ1) is 8.72. The van der Waals surface area contributed by atoms with Crippen molar-refractivity contribution in [3.05, 3.63) is 29.8 Å². The number of nitrogens with one attached hydrogen (secondary N) is 1. The minimum Gasteiger partial charge on any atom is -0.399 e. The van der Waals surface area contributed by atoms with E-state index in [1.807, 2.05) is 24.3 Å². The van der Waals surface area contributed by atoms with Crippen LogP contribution in [-0.4, -0.2) is 37.4 Å². The molecule has 0 aliphatic heterocycles. The van der Waals surface area contributed by atoms with E-state index in [-0.39, 0.29) is 12.5 Å². The van der Waals surface area contributed by atoms with Crippen molar-refractivity contribution in [1.82, 2.24) is 5.32 Å². The van der Waals surface area contributed by atoms with Gasteiger partial charge in [0.25, 0.3) is 0 Å². The van der Waals surface area contributed by atoms with Gasteiger partial charge in [-0.05, 0) is 24.1 Å². The molecule has 1 rings (SSSR count). The Morgan fingerprint density at radius 3 is 2.94 bits per heavy atom. The van der Waals surface area contributed by atoms with Crippen molar-refractivity contribution in [3.63, 3.8) is 0 Å². The Labute approximate surface area is 107 Å². The fraction of sp³-hybridized carbons (Fsp3) is 0.462. The van der Waals surface area contributed by atoms with E-state index < -0.39 is 0 Å². The third-order valence-corrected chi connectivity index (χ3v) is 2.40. The molecular weight excluding hydrogens is 232 g/mol. The summed E-state index contributed by atoms with van der Waals surface area (Å²) < 4.78 is 5.03. The van der Waals surface area contributed by atoms with Crippen LogP contribution in [0.1, 0.15) is 12.0 Å². The van der Waals surface area contributed by atoms with Gasteiger partial charge in [0, 0.05) is 18.7 Å². The molecule has 0 heterocycles. The molecule has 0 aliphatic rings. The van der Waals surface area contributed by atoms with Gasteiger partial charge < -0.3 is 20.9 Å². The second-order valence-electron chi connectivity index (χ2n) is 3.93. The first-order valence-corrected chi connectivity index (χ1v) is 6.02. The van der Waals surface area contributed by atoms with Gasteiger partial charge >= 0.3 is 0 Å². The Hall–Kier alpha value is -1.59. The molecule has 1 aromatic rings. The Kier molecular flexibility index (Phi) is 6.83. The summed E-state index contributed by atoms with van der Waals surface area (Å²) in [6.07, 6.45) is 1.11. The smallest absolute Gasteiger partial charge is 0.220 e. The monoisotopic (exact) mass is 252 g/mol. The molecule has 0 fully saturated rings. The molecular formula is C13H20N2O3. The lowest BCUT2D eigenvalue weighted by Crippen LogP contribution is -2.27. The molecule has 0 aromatic heterocycles. The molecule has 0 spiro atoms. The van der Waals surface area contributed by atoms with Crippen LogP contribution in [-0.2, 0) is 16.0 Å². The molecule has 1 amide bonds. The summed E-state index contributed by atoms with van der Waals surface area (Å²) in [7, 11) is 0. The van der Waals surface area contributed by atoms with Gasteiger partial charge in [-0.25, -0.2) is 0 Å². The number of aryl methyl sites for hydroxylation is 1. The molecule has 0 unspecified atom stereocenters. The number of hydrogen-bond acceptors (Lipinski definition) is 4. The molecule has 0 radical (unpaired) electrons. The Balaban J connectivity index is 2.13. The van der Waals surface area contributed by atoms with Gasteiger partial charge in [-0.15, -0.1) is 0 Å². The number of carbonyl (C=O) groups is 1. The maximum atomic E-state index is 11.5. The topological polar surface area (TPSA) is 84.6 Å². The summed E-state index contributed by atoms with van der Waals surface area (Å²) in [5.41, 5.74) is 7.42. The second-order valence-corrected chi connectivity index (χ2v) is 3.93. The van der Waals surface area contributed by atoms with E-state index in [2.05, 4.69) is 5.32 Å².